The van der Waals surface area contributed by atoms with Crippen molar-refractivity contribution in [3.05, 3.63) is 0 Å². The van der Waals surface area contributed by atoms with Crippen molar-refractivity contribution in [1.29, 1.82) is 0 Å². The second kappa shape index (κ2) is 56.6. The number of nitrogens with zero attached hydrogens (tertiary/aromatic N) is 3. The Bertz CT molecular complexity index is 1120. The van der Waals surface area contributed by atoms with Crippen LogP contribution in [-0.4, -0.2) is 85.0 Å². The molecule has 0 N–H and O–H groups in total. The van der Waals surface area contributed by atoms with Crippen LogP contribution in [0.5, 0.6) is 0 Å². The third-order valence-corrected chi connectivity index (χ3v) is 17.1. The highest BCUT2D eigenvalue weighted by Gasteiger charge is 2.24. The van der Waals surface area contributed by atoms with E-state index in [2.05, 4.69) is 49.3 Å². The zero-order valence-electron chi connectivity index (χ0n) is 51.4. The summed E-state index contributed by atoms with van der Waals surface area (Å²) in [4.78, 5) is 34.8. The molecule has 0 aromatic carbocycles. The number of rotatable bonds is 60. The predicted molar refractivity (Wildman–Crippen MR) is 327 cm³/mol. The molecule has 0 saturated carbocycles. The average molecular weight is 1040 g/mol. The van der Waals surface area contributed by atoms with E-state index in [0.717, 1.165) is 38.8 Å². The smallest absolute Gasteiger partial charge is 0.305 e. The van der Waals surface area contributed by atoms with E-state index >= 15 is 0 Å². The molecular weight excluding hydrogens is 907 g/mol. The molecule has 6 heteroatoms. The van der Waals surface area contributed by atoms with Gasteiger partial charge in [-0.3, -0.25) is 9.59 Å². The molecule has 74 heavy (non-hydrogen) atoms. The molecule has 0 aromatic rings. The number of likely N-dealkylation sites (tertiary alicyclic amines) is 1. The minimum Gasteiger partial charge on any atom is -0.465 e. The molecule has 0 bridgehead atoms. The first kappa shape index (κ1) is 70.9. The summed E-state index contributed by atoms with van der Waals surface area (Å²) in [5.74, 6) is 0.990. The Morgan fingerprint density at radius 1 is 0.378 bits per heavy atom. The summed E-state index contributed by atoms with van der Waals surface area (Å²) in [7, 11) is 0. The Labute approximate surface area is 465 Å². The van der Waals surface area contributed by atoms with E-state index in [4.69, 9.17) is 4.74 Å². The summed E-state index contributed by atoms with van der Waals surface area (Å²) in [5.41, 5.74) is 0. The second-order valence-corrected chi connectivity index (χ2v) is 24.3. The number of amides is 1. The quantitative estimate of drug-likeness (QED) is 0.0449. The van der Waals surface area contributed by atoms with Crippen molar-refractivity contribution < 1.29 is 14.3 Å². The lowest BCUT2D eigenvalue weighted by Crippen LogP contribution is -2.42. The van der Waals surface area contributed by atoms with E-state index in [1.807, 2.05) is 0 Å². The van der Waals surface area contributed by atoms with Crippen LogP contribution >= 0.6 is 0 Å². The fourth-order valence-corrected chi connectivity index (χ4v) is 12.0. The van der Waals surface area contributed by atoms with Crippen molar-refractivity contribution in [3.8, 4) is 0 Å². The molecule has 2 atom stereocenters. The van der Waals surface area contributed by atoms with Crippen LogP contribution < -0.4 is 0 Å². The minimum absolute atomic E-state index is 0.0180. The first-order valence-electron chi connectivity index (χ1n) is 34.4. The van der Waals surface area contributed by atoms with Gasteiger partial charge in [-0.15, -0.1) is 0 Å². The highest BCUT2D eigenvalue weighted by Crippen LogP contribution is 2.24. The molecule has 1 amide bonds. The fraction of sp³-hybridized carbons (Fsp3) is 0.971. The molecule has 0 spiro atoms. The molecule has 1 saturated heterocycles. The van der Waals surface area contributed by atoms with Crippen LogP contribution in [0.3, 0.4) is 0 Å². The summed E-state index contributed by atoms with van der Waals surface area (Å²) >= 11 is 0. The molecule has 1 aliphatic rings. The van der Waals surface area contributed by atoms with E-state index in [1.54, 1.807) is 0 Å². The Morgan fingerprint density at radius 3 is 1.15 bits per heavy atom. The summed E-state index contributed by atoms with van der Waals surface area (Å²) in [6.45, 7) is 20.3. The van der Waals surface area contributed by atoms with Crippen molar-refractivity contribution in [2.24, 2.45) is 5.92 Å². The number of ether oxygens (including phenoxy) is 1. The van der Waals surface area contributed by atoms with Gasteiger partial charge in [-0.1, -0.05) is 279 Å². The summed E-state index contributed by atoms with van der Waals surface area (Å²) in [5, 5.41) is 0. The second-order valence-electron chi connectivity index (χ2n) is 24.3. The fourth-order valence-electron chi connectivity index (χ4n) is 12.0. The number of hydrogen-bond acceptors (Lipinski definition) is 5. The molecule has 2 unspecified atom stereocenters. The Kier molecular flexibility index (Phi) is 54.2. The number of esters is 1. The van der Waals surface area contributed by atoms with E-state index in [9.17, 15) is 9.59 Å². The van der Waals surface area contributed by atoms with Gasteiger partial charge >= 0.3 is 5.97 Å². The van der Waals surface area contributed by atoms with Gasteiger partial charge in [0.05, 0.1) is 6.61 Å². The summed E-state index contributed by atoms with van der Waals surface area (Å²) in [6, 6.07) is 0.390. The molecule has 1 heterocycles. The molecule has 440 valence electrons. The SMILES string of the molecule is CCCCCCCCCCN(CCCCCCCCCC)CCCCCCCCCC(CCCCCCCCC(=O)OCC(CCCC)CCCCCC)N(CCCCCCCCCC)C(=O)CCN1CCCC1. The maximum atomic E-state index is 14.2. The van der Waals surface area contributed by atoms with E-state index in [-0.39, 0.29) is 5.97 Å². The zero-order valence-corrected chi connectivity index (χ0v) is 51.4. The molecular formula is C68H135N3O3. The summed E-state index contributed by atoms with van der Waals surface area (Å²) in [6.07, 6.45) is 65.7. The molecule has 1 aliphatic heterocycles. The Balaban J connectivity index is 2.68. The Morgan fingerprint density at radius 2 is 0.716 bits per heavy atom. The normalized spacial score (nSPS) is 13.9. The van der Waals surface area contributed by atoms with Crippen molar-refractivity contribution in [2.45, 2.75) is 368 Å². The van der Waals surface area contributed by atoms with E-state index in [1.165, 1.54) is 322 Å². The van der Waals surface area contributed by atoms with Gasteiger partial charge in [0.1, 0.15) is 0 Å². The number of carbonyl (C=O) groups is 2. The third-order valence-electron chi connectivity index (χ3n) is 17.1. The summed E-state index contributed by atoms with van der Waals surface area (Å²) < 4.78 is 5.83. The Hall–Kier alpha value is -1.14. The standard InChI is InChI=1S/C68H135N3O3/c1-6-11-16-20-23-30-37-45-57-69(58-46-38-31-24-21-17-12-7-2)59-47-39-32-26-27-34-42-53-66(71(62-48-40-33-25-22-18-13-8-3)67(72)56-63-70-60-49-50-61-70)54-43-35-28-29-36-44-55-68(73)74-64-65(51-15-10-5)52-41-19-14-9-4/h65-66H,6-64H2,1-5H3. The van der Waals surface area contributed by atoms with Crippen LogP contribution in [0.1, 0.15) is 362 Å². The van der Waals surface area contributed by atoms with Crippen LogP contribution in [0, 0.1) is 5.92 Å². The largest absolute Gasteiger partial charge is 0.465 e. The molecule has 0 aliphatic carbocycles. The van der Waals surface area contributed by atoms with Gasteiger partial charge in [0.25, 0.3) is 0 Å². The van der Waals surface area contributed by atoms with Gasteiger partial charge < -0.3 is 19.4 Å². The van der Waals surface area contributed by atoms with Crippen molar-refractivity contribution in [3.63, 3.8) is 0 Å². The van der Waals surface area contributed by atoms with E-state index < -0.39 is 0 Å². The van der Waals surface area contributed by atoms with Gasteiger partial charge in [-0.2, -0.15) is 0 Å². The van der Waals surface area contributed by atoms with Gasteiger partial charge in [0.15, 0.2) is 0 Å². The maximum absolute atomic E-state index is 14.2. The van der Waals surface area contributed by atoms with Crippen LogP contribution in [0.2, 0.25) is 0 Å². The van der Waals surface area contributed by atoms with Gasteiger partial charge in [-0.25, -0.2) is 0 Å². The van der Waals surface area contributed by atoms with Crippen LogP contribution in [0.4, 0.5) is 0 Å². The number of hydrogen-bond donors (Lipinski definition) is 0. The van der Waals surface area contributed by atoms with Gasteiger partial charge in [0, 0.05) is 32.0 Å². The maximum Gasteiger partial charge on any atom is 0.305 e. The highest BCUT2D eigenvalue weighted by atomic mass is 16.5. The van der Waals surface area contributed by atoms with Crippen molar-refractivity contribution in [1.82, 2.24) is 14.7 Å². The van der Waals surface area contributed by atoms with Crippen LogP contribution in [0.25, 0.3) is 0 Å². The van der Waals surface area contributed by atoms with Crippen LogP contribution in [0.15, 0.2) is 0 Å². The zero-order chi connectivity index (χ0) is 53.5. The van der Waals surface area contributed by atoms with Gasteiger partial charge in [0.2, 0.25) is 5.91 Å². The lowest BCUT2D eigenvalue weighted by atomic mass is 9.96. The van der Waals surface area contributed by atoms with E-state index in [0.29, 0.717) is 37.3 Å². The molecule has 6 nitrogen and oxygen atoms in total. The first-order valence-corrected chi connectivity index (χ1v) is 34.4. The van der Waals surface area contributed by atoms with Gasteiger partial charge in [-0.05, 0) is 109 Å². The van der Waals surface area contributed by atoms with Crippen molar-refractivity contribution in [2.75, 3.05) is 52.4 Å². The van der Waals surface area contributed by atoms with Crippen LogP contribution in [-0.2, 0) is 14.3 Å². The lowest BCUT2D eigenvalue weighted by molar-refractivity contribution is -0.145. The highest BCUT2D eigenvalue weighted by molar-refractivity contribution is 5.76. The molecule has 1 rings (SSSR count). The average Bonchev–Trinajstić information content (AvgIpc) is 3.94. The third kappa shape index (κ3) is 45.8. The number of carbonyl (C=O) groups excluding carboxylic acids is 2. The monoisotopic (exact) mass is 1040 g/mol. The lowest BCUT2D eigenvalue weighted by Gasteiger charge is -2.33. The molecule has 0 radical (unpaired) electrons. The first-order chi connectivity index (χ1) is 36.5. The predicted octanol–water partition coefficient (Wildman–Crippen LogP) is 21.0. The molecule has 1 fully saturated rings. The topological polar surface area (TPSA) is 53.1 Å². The minimum atomic E-state index is 0.0180. The van der Waals surface area contributed by atoms with Crippen molar-refractivity contribution >= 4 is 11.9 Å². The number of unbranched alkanes of at least 4 members (excludes halogenated alkanes) is 36. The molecule has 0 aromatic heterocycles.